The number of benzene rings is 2. The van der Waals surface area contributed by atoms with E-state index >= 15 is 0 Å². The first-order chi connectivity index (χ1) is 14.8. The number of nitrogens with one attached hydrogen (secondary N) is 1. The average molecular weight is 415 g/mol. The molecule has 0 spiro atoms. The number of aliphatic hydroxyl groups is 1. The molecule has 5 rings (SSSR count). The molecule has 2 aromatic heterocycles. The van der Waals surface area contributed by atoms with E-state index in [-0.39, 0.29) is 18.7 Å². The van der Waals surface area contributed by atoms with Crippen molar-refractivity contribution in [2.45, 2.75) is 12.1 Å². The molecule has 0 amide bonds. The highest BCUT2D eigenvalue weighted by Crippen LogP contribution is 2.39. The van der Waals surface area contributed by atoms with Crippen LogP contribution in [0.15, 0.2) is 85.2 Å². The second-order valence-corrected chi connectivity index (χ2v) is 7.76. The third-order valence-electron chi connectivity index (χ3n) is 5.63. The summed E-state index contributed by atoms with van der Waals surface area (Å²) in [6.07, 6.45) is 3.88. The Hall–Kier alpha value is -3.22. The molecular weight excluding hydrogens is 392 g/mol. The third-order valence-corrected chi connectivity index (χ3v) is 5.99. The van der Waals surface area contributed by atoms with Gasteiger partial charge in [-0.15, -0.1) is 0 Å². The number of aliphatic hydroxyl groups excluding tert-OH is 1. The largest absolute Gasteiger partial charge is 0.395 e. The van der Waals surface area contributed by atoms with Crippen LogP contribution in [0.3, 0.4) is 0 Å². The number of thiocarbonyl (C=S) groups is 1. The first-order valence-corrected chi connectivity index (χ1v) is 10.4. The van der Waals surface area contributed by atoms with Crippen LogP contribution in [-0.2, 0) is 0 Å². The second kappa shape index (κ2) is 7.89. The topological polar surface area (TPSA) is 53.3 Å². The first-order valence-electron chi connectivity index (χ1n) is 10.0. The number of aromatic nitrogens is 2. The predicted octanol–water partition coefficient (Wildman–Crippen LogP) is 3.99. The summed E-state index contributed by atoms with van der Waals surface area (Å²) in [6, 6.07) is 24.8. The van der Waals surface area contributed by atoms with Gasteiger partial charge in [0.1, 0.15) is 0 Å². The lowest BCUT2D eigenvalue weighted by molar-refractivity contribution is 0.220. The van der Waals surface area contributed by atoms with Gasteiger partial charge in [-0.1, -0.05) is 36.4 Å². The van der Waals surface area contributed by atoms with Gasteiger partial charge in [0, 0.05) is 30.3 Å². The number of fused-ring (bicyclic) bond motifs is 1. The standard InChI is InChI=1S/C24H22N4OS/c29-15-14-28-23(22(26-24(28)30)20-8-3-4-12-25-20)21-9-5-13-27(21)19-11-10-17-6-1-2-7-18(17)16-19/h1-13,16,22-23,29H,14-15H2,(H,26,30)/t22-,23+/m0/s1. The van der Waals surface area contributed by atoms with E-state index in [1.165, 1.54) is 10.8 Å². The summed E-state index contributed by atoms with van der Waals surface area (Å²) in [4.78, 5) is 6.63. The molecule has 1 saturated heterocycles. The van der Waals surface area contributed by atoms with E-state index in [0.29, 0.717) is 11.7 Å². The molecule has 0 unspecified atom stereocenters. The van der Waals surface area contributed by atoms with E-state index < -0.39 is 0 Å². The lowest BCUT2D eigenvalue weighted by atomic mass is 10.0. The van der Waals surface area contributed by atoms with E-state index in [1.54, 1.807) is 6.20 Å². The van der Waals surface area contributed by atoms with Gasteiger partial charge in [-0.3, -0.25) is 4.98 Å². The number of nitrogens with zero attached hydrogens (tertiary/aromatic N) is 3. The maximum absolute atomic E-state index is 9.67. The van der Waals surface area contributed by atoms with Gasteiger partial charge in [0.25, 0.3) is 0 Å². The van der Waals surface area contributed by atoms with Crippen LogP contribution in [0.2, 0.25) is 0 Å². The molecule has 6 heteroatoms. The van der Waals surface area contributed by atoms with Gasteiger partial charge in [0.15, 0.2) is 5.11 Å². The lowest BCUT2D eigenvalue weighted by Gasteiger charge is -2.28. The number of pyridine rings is 1. The van der Waals surface area contributed by atoms with Crippen LogP contribution in [-0.4, -0.2) is 37.8 Å². The minimum Gasteiger partial charge on any atom is -0.395 e. The number of β-amino-alcohol motifs (C(OH)–C–C–N with tert-alkyl or cyclic N) is 1. The lowest BCUT2D eigenvalue weighted by Crippen LogP contribution is -2.32. The Morgan fingerprint density at radius 2 is 1.80 bits per heavy atom. The van der Waals surface area contributed by atoms with Gasteiger partial charge in [0.05, 0.1) is 24.4 Å². The quantitative estimate of drug-likeness (QED) is 0.484. The van der Waals surface area contributed by atoms with E-state index in [0.717, 1.165) is 17.1 Å². The van der Waals surface area contributed by atoms with Crippen LogP contribution < -0.4 is 5.32 Å². The molecule has 0 saturated carbocycles. The van der Waals surface area contributed by atoms with Crippen molar-refractivity contribution in [1.82, 2.24) is 19.8 Å². The van der Waals surface area contributed by atoms with Crippen molar-refractivity contribution in [2.24, 2.45) is 0 Å². The summed E-state index contributed by atoms with van der Waals surface area (Å²) in [6.45, 7) is 0.493. The summed E-state index contributed by atoms with van der Waals surface area (Å²) < 4.78 is 2.20. The van der Waals surface area contributed by atoms with Crippen LogP contribution in [0, 0.1) is 0 Å². The molecule has 0 aliphatic carbocycles. The van der Waals surface area contributed by atoms with Gasteiger partial charge in [-0.2, -0.15) is 0 Å². The summed E-state index contributed by atoms with van der Waals surface area (Å²) >= 11 is 5.62. The highest BCUT2D eigenvalue weighted by molar-refractivity contribution is 7.80. The van der Waals surface area contributed by atoms with Crippen molar-refractivity contribution in [3.05, 3.63) is 96.6 Å². The zero-order chi connectivity index (χ0) is 20.5. The maximum Gasteiger partial charge on any atom is 0.170 e. The molecule has 0 radical (unpaired) electrons. The molecular formula is C24H22N4OS. The van der Waals surface area contributed by atoms with E-state index in [1.807, 2.05) is 18.2 Å². The molecule has 3 heterocycles. The minimum atomic E-state index is -0.0978. The third kappa shape index (κ3) is 3.24. The molecule has 0 bridgehead atoms. The fourth-order valence-corrected chi connectivity index (χ4v) is 4.60. The van der Waals surface area contributed by atoms with Crippen molar-refractivity contribution >= 4 is 28.1 Å². The average Bonchev–Trinajstić information content (AvgIpc) is 3.39. The fraction of sp³-hybridized carbons (Fsp3) is 0.167. The predicted molar refractivity (Wildman–Crippen MR) is 123 cm³/mol. The van der Waals surface area contributed by atoms with Crippen molar-refractivity contribution in [3.63, 3.8) is 0 Å². The molecule has 1 aliphatic heterocycles. The Bertz CT molecular complexity index is 1190. The molecule has 2 N–H and O–H groups in total. The summed E-state index contributed by atoms with van der Waals surface area (Å²) in [7, 11) is 0. The SMILES string of the molecule is OCCN1C(=S)N[C@@H](c2ccccn2)[C@H]1c1cccn1-c1ccc2ccccc2c1. The molecule has 2 atom stereocenters. The van der Waals surface area contributed by atoms with Crippen molar-refractivity contribution in [3.8, 4) is 5.69 Å². The summed E-state index contributed by atoms with van der Waals surface area (Å²) in [5.74, 6) is 0. The Morgan fingerprint density at radius 3 is 2.60 bits per heavy atom. The second-order valence-electron chi connectivity index (χ2n) is 7.38. The van der Waals surface area contributed by atoms with Gasteiger partial charge in [-0.25, -0.2) is 0 Å². The number of rotatable bonds is 5. The zero-order valence-electron chi connectivity index (χ0n) is 16.3. The van der Waals surface area contributed by atoms with Crippen LogP contribution in [0.1, 0.15) is 23.5 Å². The Morgan fingerprint density at radius 1 is 0.967 bits per heavy atom. The van der Waals surface area contributed by atoms with Gasteiger partial charge in [-0.05, 0) is 59.4 Å². The minimum absolute atomic E-state index is 0.0317. The molecule has 30 heavy (non-hydrogen) atoms. The van der Waals surface area contributed by atoms with E-state index in [2.05, 4.69) is 80.6 Å². The molecule has 150 valence electrons. The van der Waals surface area contributed by atoms with Crippen molar-refractivity contribution in [1.29, 1.82) is 0 Å². The van der Waals surface area contributed by atoms with Gasteiger partial charge < -0.3 is 19.9 Å². The zero-order valence-corrected chi connectivity index (χ0v) is 17.2. The van der Waals surface area contributed by atoms with Gasteiger partial charge in [0.2, 0.25) is 0 Å². The first kappa shape index (κ1) is 18.8. The number of hydrogen-bond donors (Lipinski definition) is 2. The van der Waals surface area contributed by atoms with Crippen LogP contribution >= 0.6 is 12.2 Å². The summed E-state index contributed by atoms with van der Waals surface area (Å²) in [5.41, 5.74) is 3.12. The highest BCUT2D eigenvalue weighted by Gasteiger charge is 2.40. The molecule has 2 aromatic carbocycles. The maximum atomic E-state index is 9.67. The van der Waals surface area contributed by atoms with E-state index in [4.69, 9.17) is 12.2 Å². The monoisotopic (exact) mass is 414 g/mol. The Labute approximate surface area is 180 Å². The Kier molecular flexibility index (Phi) is 4.94. The highest BCUT2D eigenvalue weighted by atomic mass is 32.1. The molecule has 1 aliphatic rings. The Balaban J connectivity index is 1.62. The molecule has 1 fully saturated rings. The van der Waals surface area contributed by atoms with E-state index in [9.17, 15) is 5.11 Å². The molecule has 4 aromatic rings. The van der Waals surface area contributed by atoms with Gasteiger partial charge >= 0.3 is 0 Å². The number of hydrogen-bond acceptors (Lipinski definition) is 3. The van der Waals surface area contributed by atoms with Crippen molar-refractivity contribution in [2.75, 3.05) is 13.2 Å². The van der Waals surface area contributed by atoms with Crippen molar-refractivity contribution < 1.29 is 5.11 Å². The molecule has 5 nitrogen and oxygen atoms in total. The van der Waals surface area contributed by atoms with Crippen LogP contribution in [0.25, 0.3) is 16.5 Å². The normalized spacial score (nSPS) is 18.7. The summed E-state index contributed by atoms with van der Waals surface area (Å²) in [5, 5.41) is 16.1. The fourth-order valence-electron chi connectivity index (χ4n) is 4.27. The smallest absolute Gasteiger partial charge is 0.170 e. The van der Waals surface area contributed by atoms with Crippen LogP contribution in [0.5, 0.6) is 0 Å². The van der Waals surface area contributed by atoms with Crippen LogP contribution in [0.4, 0.5) is 0 Å².